The zero-order valence-corrected chi connectivity index (χ0v) is 17.8. The van der Waals surface area contributed by atoms with Gasteiger partial charge < -0.3 is 9.64 Å². The van der Waals surface area contributed by atoms with Crippen LogP contribution in [0, 0.1) is 6.92 Å². The molecule has 4 rings (SSSR count). The summed E-state index contributed by atoms with van der Waals surface area (Å²) in [6.45, 7) is 10.5. The second-order valence-corrected chi connectivity index (χ2v) is 8.73. The fourth-order valence-corrected chi connectivity index (χ4v) is 3.81. The van der Waals surface area contributed by atoms with Crippen LogP contribution in [0.15, 0.2) is 10.8 Å². The van der Waals surface area contributed by atoms with Crippen molar-refractivity contribution in [3.63, 3.8) is 0 Å². The summed E-state index contributed by atoms with van der Waals surface area (Å²) in [6, 6.07) is 0.422. The van der Waals surface area contributed by atoms with Gasteiger partial charge in [-0.3, -0.25) is 0 Å². The molecule has 0 amide bonds. The van der Waals surface area contributed by atoms with Gasteiger partial charge in [0.25, 0.3) is 0 Å². The summed E-state index contributed by atoms with van der Waals surface area (Å²) < 4.78 is 12.0. The monoisotopic (exact) mass is 399 g/mol. The van der Waals surface area contributed by atoms with Crippen LogP contribution in [0.5, 0.6) is 0 Å². The molecule has 3 aromatic heterocycles. The number of hydrogen-bond acceptors (Lipinski definition) is 8. The van der Waals surface area contributed by atoms with Crippen molar-refractivity contribution in [3.05, 3.63) is 23.4 Å². The van der Waals surface area contributed by atoms with Crippen LogP contribution < -0.4 is 4.90 Å². The molecule has 0 saturated carbocycles. The van der Waals surface area contributed by atoms with Crippen LogP contribution in [-0.2, 0) is 16.7 Å². The Morgan fingerprint density at radius 3 is 2.76 bits per heavy atom. The molecule has 1 saturated heterocycles. The van der Waals surface area contributed by atoms with Crippen LogP contribution in [0.3, 0.4) is 0 Å². The van der Waals surface area contributed by atoms with Gasteiger partial charge in [-0.15, -0.1) is 0 Å². The minimum Gasteiger partial charge on any atom is -0.385 e. The zero-order chi connectivity index (χ0) is 20.6. The van der Waals surface area contributed by atoms with Crippen molar-refractivity contribution in [1.29, 1.82) is 0 Å². The van der Waals surface area contributed by atoms with Crippen molar-refractivity contribution in [3.8, 4) is 0 Å². The van der Waals surface area contributed by atoms with Crippen LogP contribution in [0.2, 0.25) is 0 Å². The first-order chi connectivity index (χ1) is 13.9. The van der Waals surface area contributed by atoms with Gasteiger partial charge in [0.2, 0.25) is 0 Å². The van der Waals surface area contributed by atoms with E-state index < -0.39 is 0 Å². The highest BCUT2D eigenvalue weighted by atomic mass is 16.6. The van der Waals surface area contributed by atoms with Crippen molar-refractivity contribution < 1.29 is 9.37 Å². The van der Waals surface area contributed by atoms with Gasteiger partial charge in [-0.2, -0.15) is 5.10 Å². The molecular weight excluding hydrogens is 370 g/mol. The lowest BCUT2D eigenvalue weighted by atomic mass is 9.95. The van der Waals surface area contributed by atoms with E-state index >= 15 is 0 Å². The lowest BCUT2D eigenvalue weighted by Gasteiger charge is -2.28. The molecule has 0 radical (unpaired) electrons. The quantitative estimate of drug-likeness (QED) is 0.624. The summed E-state index contributed by atoms with van der Waals surface area (Å²) in [6.07, 6.45) is 5.16. The van der Waals surface area contributed by atoms with Gasteiger partial charge in [-0.25, -0.2) is 19.3 Å². The molecule has 9 heteroatoms. The maximum Gasteiger partial charge on any atom is 0.164 e. The van der Waals surface area contributed by atoms with Gasteiger partial charge in [0.1, 0.15) is 23.0 Å². The lowest BCUT2D eigenvalue weighted by Crippen LogP contribution is -2.32. The number of anilines is 1. The third-order valence-electron chi connectivity index (χ3n) is 5.50. The first kappa shape index (κ1) is 19.8. The minimum atomic E-state index is -0.175. The molecule has 3 aromatic rings. The molecule has 29 heavy (non-hydrogen) atoms. The summed E-state index contributed by atoms with van der Waals surface area (Å²) in [4.78, 5) is 12.3. The van der Waals surface area contributed by atoms with Gasteiger partial charge in [-0.05, 0) is 26.2 Å². The zero-order valence-electron chi connectivity index (χ0n) is 17.8. The SMILES string of the molecule is COCC[C@H]1CCCN1c1nc(C(C)(C)C)nc2c1cnn2Cc1nonc1C. The standard InChI is InChI=1S/C20H29N7O2/c1-13-16(25-29-24-13)12-27-18-15(11-21-27)17(22-19(23-18)20(2,3)4)26-9-6-7-14(26)8-10-28-5/h11,14H,6-10,12H2,1-5H3/t14-/m1/s1. The molecule has 0 aliphatic carbocycles. The Kier molecular flexibility index (Phi) is 5.24. The van der Waals surface area contributed by atoms with Crippen molar-refractivity contribution in [2.45, 2.75) is 65.0 Å². The molecule has 0 spiro atoms. The lowest BCUT2D eigenvalue weighted by molar-refractivity contribution is 0.188. The van der Waals surface area contributed by atoms with Crippen LogP contribution in [-0.4, -0.2) is 56.4 Å². The Morgan fingerprint density at radius 1 is 1.24 bits per heavy atom. The van der Waals surface area contributed by atoms with Crippen LogP contribution in [0.25, 0.3) is 11.0 Å². The Balaban J connectivity index is 1.80. The van der Waals surface area contributed by atoms with E-state index in [9.17, 15) is 0 Å². The van der Waals surface area contributed by atoms with E-state index in [0.29, 0.717) is 12.6 Å². The molecular formula is C20H29N7O2. The van der Waals surface area contributed by atoms with E-state index in [2.05, 4.69) is 41.1 Å². The number of aromatic nitrogens is 6. The van der Waals surface area contributed by atoms with Crippen LogP contribution >= 0.6 is 0 Å². The van der Waals surface area contributed by atoms with E-state index in [-0.39, 0.29) is 5.41 Å². The number of rotatable bonds is 6. The third-order valence-corrected chi connectivity index (χ3v) is 5.50. The Hall–Kier alpha value is -2.55. The van der Waals surface area contributed by atoms with Gasteiger partial charge in [0.05, 0.1) is 18.1 Å². The maximum absolute atomic E-state index is 5.33. The summed E-state index contributed by atoms with van der Waals surface area (Å²) in [7, 11) is 1.75. The number of hydrogen-bond donors (Lipinski definition) is 0. The van der Waals surface area contributed by atoms with E-state index in [1.54, 1.807) is 7.11 Å². The molecule has 0 unspecified atom stereocenters. The van der Waals surface area contributed by atoms with Gasteiger partial charge in [-0.1, -0.05) is 31.1 Å². The van der Waals surface area contributed by atoms with Crippen molar-refractivity contribution in [1.82, 2.24) is 30.1 Å². The number of methoxy groups -OCH3 is 1. The van der Waals surface area contributed by atoms with Gasteiger partial charge in [0.15, 0.2) is 5.65 Å². The fourth-order valence-electron chi connectivity index (χ4n) is 3.81. The molecule has 9 nitrogen and oxygen atoms in total. The Bertz CT molecular complexity index is 989. The second kappa shape index (κ2) is 7.70. The molecule has 0 N–H and O–H groups in total. The average molecular weight is 399 g/mol. The predicted molar refractivity (Wildman–Crippen MR) is 109 cm³/mol. The van der Waals surface area contributed by atoms with E-state index in [0.717, 1.165) is 66.5 Å². The largest absolute Gasteiger partial charge is 0.385 e. The van der Waals surface area contributed by atoms with Crippen LogP contribution in [0.1, 0.15) is 57.2 Å². The highest BCUT2D eigenvalue weighted by molar-refractivity contribution is 5.87. The molecule has 156 valence electrons. The fraction of sp³-hybridized carbons (Fsp3) is 0.650. The molecule has 1 aliphatic rings. The van der Waals surface area contributed by atoms with Gasteiger partial charge in [0, 0.05) is 31.7 Å². The highest BCUT2D eigenvalue weighted by Crippen LogP contribution is 2.33. The molecule has 0 bridgehead atoms. The Labute approximate surface area is 170 Å². The molecule has 4 heterocycles. The van der Waals surface area contributed by atoms with E-state index in [1.807, 2.05) is 17.8 Å². The third kappa shape index (κ3) is 3.83. The van der Waals surface area contributed by atoms with E-state index in [1.165, 1.54) is 0 Å². The first-order valence-corrected chi connectivity index (χ1v) is 10.2. The number of fused-ring (bicyclic) bond motifs is 1. The number of nitrogens with zero attached hydrogens (tertiary/aromatic N) is 7. The van der Waals surface area contributed by atoms with Crippen molar-refractivity contribution >= 4 is 16.9 Å². The van der Waals surface area contributed by atoms with Gasteiger partial charge >= 0.3 is 0 Å². The highest BCUT2D eigenvalue weighted by Gasteiger charge is 2.30. The maximum atomic E-state index is 5.33. The normalized spacial score (nSPS) is 17.6. The van der Waals surface area contributed by atoms with Crippen molar-refractivity contribution in [2.24, 2.45) is 0 Å². The molecule has 1 fully saturated rings. The summed E-state index contributed by atoms with van der Waals surface area (Å²) in [5.74, 6) is 1.79. The molecule has 1 atom stereocenters. The molecule has 1 aliphatic heterocycles. The number of ether oxygens (including phenoxy) is 1. The molecule has 0 aromatic carbocycles. The Morgan fingerprint density at radius 2 is 2.07 bits per heavy atom. The van der Waals surface area contributed by atoms with Crippen molar-refractivity contribution in [2.75, 3.05) is 25.2 Å². The predicted octanol–water partition coefficient (Wildman–Crippen LogP) is 2.87. The summed E-state index contributed by atoms with van der Waals surface area (Å²) >= 11 is 0. The number of aryl methyl sites for hydroxylation is 1. The second-order valence-electron chi connectivity index (χ2n) is 8.73. The average Bonchev–Trinajstić information content (AvgIpc) is 3.40. The van der Waals surface area contributed by atoms with Crippen LogP contribution in [0.4, 0.5) is 5.82 Å². The minimum absolute atomic E-state index is 0.175. The van der Waals surface area contributed by atoms with E-state index in [4.69, 9.17) is 19.3 Å². The summed E-state index contributed by atoms with van der Waals surface area (Å²) in [5, 5.41) is 13.4. The smallest absolute Gasteiger partial charge is 0.164 e. The summed E-state index contributed by atoms with van der Waals surface area (Å²) in [5.41, 5.74) is 2.16. The topological polar surface area (TPSA) is 95.0 Å². The first-order valence-electron chi connectivity index (χ1n) is 10.2.